The highest BCUT2D eigenvalue weighted by atomic mass is 79.9. The van der Waals surface area contributed by atoms with Gasteiger partial charge in [0.05, 0.1) is 0 Å². The van der Waals surface area contributed by atoms with Crippen molar-refractivity contribution in [3.8, 4) is 0 Å². The molecule has 0 rings (SSSR count). The number of rotatable bonds is 8. The van der Waals surface area contributed by atoms with E-state index in [1.165, 1.54) is 32.1 Å². The quantitative estimate of drug-likeness (QED) is 0.325. The zero-order valence-electron chi connectivity index (χ0n) is 9.08. The molecular weight excluding hydrogens is 236 g/mol. The molecule has 0 unspecified atom stereocenters. The highest BCUT2D eigenvalue weighted by Crippen LogP contribution is 2.04. The molecule has 0 spiro atoms. The van der Waals surface area contributed by atoms with Crippen LogP contribution in [0.3, 0.4) is 0 Å². The third-order valence-corrected chi connectivity index (χ3v) is 2.48. The Hall–Kier alpha value is -0.300. The molecule has 0 aliphatic carbocycles. The van der Waals surface area contributed by atoms with Crippen molar-refractivity contribution in [2.24, 2.45) is 0 Å². The molecule has 0 radical (unpaired) electrons. The molecule has 0 nitrogen and oxygen atoms in total. The Bertz CT molecular complexity index is 178. The fraction of sp³-hybridized carbons (Fsp3) is 0.538. The van der Waals surface area contributed by atoms with Gasteiger partial charge in [0, 0.05) is 5.33 Å². The monoisotopic (exact) mass is 256 g/mol. The van der Waals surface area contributed by atoms with E-state index >= 15 is 0 Å². The lowest BCUT2D eigenvalue weighted by Gasteiger charge is -1.94. The normalized spacial score (nSPS) is 12.4. The number of hydrogen-bond donors (Lipinski definition) is 0. The van der Waals surface area contributed by atoms with Crippen LogP contribution in [0.5, 0.6) is 0 Å². The Balaban J connectivity index is 3.18. The molecule has 0 aromatic carbocycles. The Labute approximate surface area is 96.9 Å². The Morgan fingerprint density at radius 3 is 2.29 bits per heavy atom. The first-order valence-electron chi connectivity index (χ1n) is 5.42. The molecule has 0 aromatic heterocycles. The third kappa shape index (κ3) is 11.7. The summed E-state index contributed by atoms with van der Waals surface area (Å²) in [5.74, 6) is 0. The second-order valence-electron chi connectivity index (χ2n) is 3.23. The van der Waals surface area contributed by atoms with Crippen LogP contribution < -0.4 is 0 Å². The summed E-state index contributed by atoms with van der Waals surface area (Å²) in [4.78, 5) is 0. The average molecular weight is 257 g/mol. The molecule has 0 aromatic rings. The summed E-state index contributed by atoms with van der Waals surface area (Å²) in [5.41, 5.74) is 0. The molecule has 14 heavy (non-hydrogen) atoms. The van der Waals surface area contributed by atoms with E-state index in [2.05, 4.69) is 40.2 Å². The molecule has 80 valence electrons. The van der Waals surface area contributed by atoms with Crippen LogP contribution in [-0.4, -0.2) is 5.33 Å². The van der Waals surface area contributed by atoms with Crippen LogP contribution in [0, 0.1) is 0 Å². The Kier molecular flexibility index (Phi) is 12.4. The molecule has 0 fully saturated rings. The highest BCUT2D eigenvalue weighted by molar-refractivity contribution is 9.09. The third-order valence-electron chi connectivity index (χ3n) is 1.92. The van der Waals surface area contributed by atoms with Gasteiger partial charge >= 0.3 is 0 Å². The molecule has 0 heterocycles. The van der Waals surface area contributed by atoms with Crippen LogP contribution >= 0.6 is 15.9 Å². The van der Waals surface area contributed by atoms with Crippen LogP contribution in [0.1, 0.15) is 39.0 Å². The van der Waals surface area contributed by atoms with E-state index in [0.29, 0.717) is 0 Å². The molecule has 0 atom stereocenters. The smallest absolute Gasteiger partial charge is 0.00313 e. The van der Waals surface area contributed by atoms with E-state index in [9.17, 15) is 0 Å². The molecule has 0 saturated heterocycles. The summed E-state index contributed by atoms with van der Waals surface area (Å²) in [6, 6.07) is 0. The summed E-state index contributed by atoms with van der Waals surface area (Å²) in [7, 11) is 0. The number of allylic oxidation sites excluding steroid dienone is 6. The van der Waals surface area contributed by atoms with Crippen LogP contribution in [0.25, 0.3) is 0 Å². The first kappa shape index (κ1) is 13.7. The predicted molar refractivity (Wildman–Crippen MR) is 70.0 cm³/mol. The molecule has 1 heteroatoms. The van der Waals surface area contributed by atoms with Crippen molar-refractivity contribution in [1.82, 2.24) is 0 Å². The van der Waals surface area contributed by atoms with Gasteiger partial charge in [-0.2, -0.15) is 0 Å². The Morgan fingerprint density at radius 1 is 0.857 bits per heavy atom. The minimum Gasteiger partial charge on any atom is -0.0928 e. The van der Waals surface area contributed by atoms with Crippen LogP contribution in [0.2, 0.25) is 0 Å². The van der Waals surface area contributed by atoms with Gasteiger partial charge in [-0.05, 0) is 26.2 Å². The van der Waals surface area contributed by atoms with Crippen molar-refractivity contribution in [1.29, 1.82) is 0 Å². The lowest BCUT2D eigenvalue weighted by molar-refractivity contribution is 0.679. The number of hydrogen-bond acceptors (Lipinski definition) is 0. The fourth-order valence-electron chi connectivity index (χ4n) is 1.12. The van der Waals surface area contributed by atoms with E-state index in [1.54, 1.807) is 0 Å². The van der Waals surface area contributed by atoms with Gasteiger partial charge in [0.25, 0.3) is 0 Å². The van der Waals surface area contributed by atoms with Crippen molar-refractivity contribution < 1.29 is 0 Å². The average Bonchev–Trinajstić information content (AvgIpc) is 2.21. The molecular formula is C13H21Br. The summed E-state index contributed by atoms with van der Waals surface area (Å²) in [5, 5.41) is 1.15. The van der Waals surface area contributed by atoms with E-state index in [1.807, 2.05) is 19.1 Å². The number of unbranched alkanes of at least 4 members (excludes halogenated alkanes) is 4. The van der Waals surface area contributed by atoms with E-state index < -0.39 is 0 Å². The standard InChI is InChI=1S/C13H21Br/c1-2-3-4-5-6-7-8-9-10-11-12-13-14/h2-7H,8-13H2,1H3/b3-2+,5-4+,7-6?. The van der Waals surface area contributed by atoms with E-state index in [0.717, 1.165) is 5.33 Å². The van der Waals surface area contributed by atoms with E-state index in [4.69, 9.17) is 0 Å². The van der Waals surface area contributed by atoms with E-state index in [-0.39, 0.29) is 0 Å². The van der Waals surface area contributed by atoms with Gasteiger partial charge in [-0.15, -0.1) is 0 Å². The summed E-state index contributed by atoms with van der Waals surface area (Å²) in [6.07, 6.45) is 19.1. The SMILES string of the molecule is C/C=C/C=C/C=CCCCCCCBr. The van der Waals surface area contributed by atoms with Gasteiger partial charge in [-0.25, -0.2) is 0 Å². The molecule has 0 saturated carbocycles. The maximum Gasteiger partial charge on any atom is 0.00313 e. The summed E-state index contributed by atoms with van der Waals surface area (Å²) >= 11 is 3.44. The molecule has 0 aliphatic heterocycles. The zero-order valence-corrected chi connectivity index (χ0v) is 10.7. The van der Waals surface area contributed by atoms with Crippen molar-refractivity contribution in [2.45, 2.75) is 39.0 Å². The maximum absolute atomic E-state index is 3.44. The fourth-order valence-corrected chi connectivity index (χ4v) is 1.52. The number of halogens is 1. The number of alkyl halides is 1. The Morgan fingerprint density at radius 2 is 1.57 bits per heavy atom. The zero-order chi connectivity index (χ0) is 10.5. The van der Waals surface area contributed by atoms with Crippen LogP contribution in [0.15, 0.2) is 36.5 Å². The highest BCUT2D eigenvalue weighted by Gasteiger charge is 1.85. The van der Waals surface area contributed by atoms with Gasteiger partial charge in [-0.1, -0.05) is 65.2 Å². The van der Waals surface area contributed by atoms with Crippen molar-refractivity contribution >= 4 is 15.9 Å². The first-order chi connectivity index (χ1) is 6.91. The topological polar surface area (TPSA) is 0 Å². The maximum atomic E-state index is 3.44. The molecule has 0 aliphatic rings. The van der Waals surface area contributed by atoms with Gasteiger partial charge in [0.1, 0.15) is 0 Å². The van der Waals surface area contributed by atoms with Gasteiger partial charge in [0.2, 0.25) is 0 Å². The second kappa shape index (κ2) is 12.7. The molecule has 0 amide bonds. The van der Waals surface area contributed by atoms with Crippen LogP contribution in [-0.2, 0) is 0 Å². The lowest BCUT2D eigenvalue weighted by Crippen LogP contribution is -1.77. The van der Waals surface area contributed by atoms with Crippen molar-refractivity contribution in [3.63, 3.8) is 0 Å². The summed E-state index contributed by atoms with van der Waals surface area (Å²) < 4.78 is 0. The largest absolute Gasteiger partial charge is 0.0928 e. The second-order valence-corrected chi connectivity index (χ2v) is 4.02. The van der Waals surface area contributed by atoms with Gasteiger partial charge in [0.15, 0.2) is 0 Å². The first-order valence-corrected chi connectivity index (χ1v) is 6.54. The van der Waals surface area contributed by atoms with Gasteiger partial charge < -0.3 is 0 Å². The molecule has 0 N–H and O–H groups in total. The molecule has 0 bridgehead atoms. The van der Waals surface area contributed by atoms with Crippen molar-refractivity contribution in [2.75, 3.05) is 5.33 Å². The minimum absolute atomic E-state index is 1.15. The minimum atomic E-state index is 1.15. The predicted octanol–water partition coefficient (Wildman–Crippen LogP) is 5.02. The van der Waals surface area contributed by atoms with Crippen molar-refractivity contribution in [3.05, 3.63) is 36.5 Å². The summed E-state index contributed by atoms with van der Waals surface area (Å²) in [6.45, 7) is 2.03. The lowest BCUT2D eigenvalue weighted by atomic mass is 10.1. The van der Waals surface area contributed by atoms with Crippen LogP contribution in [0.4, 0.5) is 0 Å². The van der Waals surface area contributed by atoms with Gasteiger partial charge in [-0.3, -0.25) is 0 Å².